The molecular formula is C6H8N2OS. The molecule has 0 aromatic rings. The molecular weight excluding hydrogens is 148 g/mol. The third-order valence-electron chi connectivity index (χ3n) is 1.41. The van der Waals surface area contributed by atoms with E-state index in [1.54, 1.807) is 18.0 Å². The fourth-order valence-electron chi connectivity index (χ4n) is 0.973. The predicted molar refractivity (Wildman–Crippen MR) is 40.8 cm³/mol. The van der Waals surface area contributed by atoms with Crippen LogP contribution in [0.4, 0.5) is 0 Å². The minimum atomic E-state index is 0.0105. The van der Waals surface area contributed by atoms with Crippen molar-refractivity contribution in [2.75, 3.05) is 6.61 Å². The van der Waals surface area contributed by atoms with Crippen LogP contribution in [0, 0.1) is 0 Å². The van der Waals surface area contributed by atoms with Crippen LogP contribution in [0.3, 0.4) is 0 Å². The van der Waals surface area contributed by atoms with E-state index in [-0.39, 0.29) is 5.50 Å². The lowest BCUT2D eigenvalue weighted by Crippen LogP contribution is -2.28. The number of thioether (sulfide) groups is 1. The lowest BCUT2D eigenvalue weighted by Gasteiger charge is -2.06. The lowest BCUT2D eigenvalue weighted by atomic mass is 10.3. The quantitative estimate of drug-likeness (QED) is 0.530. The largest absolute Gasteiger partial charge is 0.496 e. The second kappa shape index (κ2) is 2.21. The molecule has 0 radical (unpaired) electrons. The Morgan fingerprint density at radius 2 is 2.70 bits per heavy atom. The molecule has 4 heteroatoms. The van der Waals surface area contributed by atoms with Crippen LogP contribution in [0.1, 0.15) is 0 Å². The molecule has 2 aliphatic rings. The molecule has 0 bridgehead atoms. The average molecular weight is 156 g/mol. The molecule has 0 spiro atoms. The van der Waals surface area contributed by atoms with Crippen molar-refractivity contribution in [1.29, 1.82) is 0 Å². The van der Waals surface area contributed by atoms with E-state index < -0.39 is 0 Å². The summed E-state index contributed by atoms with van der Waals surface area (Å²) >= 11 is 1.62. The maximum Gasteiger partial charge on any atom is 0.127 e. The Morgan fingerprint density at radius 1 is 1.80 bits per heavy atom. The molecule has 2 aliphatic heterocycles. The molecule has 0 aromatic heterocycles. The van der Waals surface area contributed by atoms with Gasteiger partial charge < -0.3 is 15.8 Å². The van der Waals surface area contributed by atoms with Crippen molar-refractivity contribution in [3.63, 3.8) is 0 Å². The first-order chi connectivity index (χ1) is 4.86. The second-order valence-electron chi connectivity index (χ2n) is 2.13. The number of hydrogen-bond donors (Lipinski definition) is 2. The molecule has 2 heterocycles. The van der Waals surface area contributed by atoms with Gasteiger partial charge in [0.05, 0.1) is 12.0 Å². The van der Waals surface area contributed by atoms with Gasteiger partial charge in [-0.3, -0.25) is 0 Å². The molecule has 0 saturated heterocycles. The summed E-state index contributed by atoms with van der Waals surface area (Å²) < 4.78 is 5.08. The van der Waals surface area contributed by atoms with Gasteiger partial charge in [-0.15, -0.1) is 0 Å². The summed E-state index contributed by atoms with van der Waals surface area (Å²) in [5.41, 5.74) is 6.74. The lowest BCUT2D eigenvalue weighted by molar-refractivity contribution is 0.281. The number of hydrogen-bond acceptors (Lipinski definition) is 4. The van der Waals surface area contributed by atoms with Crippen molar-refractivity contribution >= 4 is 11.8 Å². The van der Waals surface area contributed by atoms with E-state index in [0.717, 1.165) is 5.70 Å². The summed E-state index contributed by atoms with van der Waals surface area (Å²) in [6, 6.07) is 0. The van der Waals surface area contributed by atoms with Gasteiger partial charge in [0.25, 0.3) is 0 Å². The van der Waals surface area contributed by atoms with E-state index in [1.165, 1.54) is 4.91 Å². The maximum absolute atomic E-state index is 5.62. The number of rotatable bonds is 0. The van der Waals surface area contributed by atoms with Gasteiger partial charge in [0, 0.05) is 4.91 Å². The highest BCUT2D eigenvalue weighted by atomic mass is 32.2. The van der Waals surface area contributed by atoms with Crippen molar-refractivity contribution in [2.45, 2.75) is 5.50 Å². The van der Waals surface area contributed by atoms with Crippen molar-refractivity contribution in [1.82, 2.24) is 5.32 Å². The van der Waals surface area contributed by atoms with E-state index in [1.807, 2.05) is 6.08 Å². The molecule has 0 amide bonds. The molecule has 1 unspecified atom stereocenters. The normalized spacial score (nSPS) is 29.5. The highest BCUT2D eigenvalue weighted by molar-refractivity contribution is 8.03. The zero-order valence-electron chi connectivity index (χ0n) is 5.33. The van der Waals surface area contributed by atoms with E-state index in [2.05, 4.69) is 5.32 Å². The molecule has 0 fully saturated rings. The minimum Gasteiger partial charge on any atom is -0.496 e. The standard InChI is InChI=1S/C6H8N2OS/c7-6-8-4-1-2-9-3-5(4)10-6/h1-2,6,8H,3,7H2. The average Bonchev–Trinajstić information content (AvgIpc) is 2.27. The van der Waals surface area contributed by atoms with E-state index in [4.69, 9.17) is 10.5 Å². The van der Waals surface area contributed by atoms with Crippen LogP contribution >= 0.6 is 11.8 Å². The first kappa shape index (κ1) is 6.12. The third kappa shape index (κ3) is 0.892. The van der Waals surface area contributed by atoms with Crippen LogP contribution in [0.2, 0.25) is 0 Å². The Labute approximate surface area is 63.3 Å². The van der Waals surface area contributed by atoms with Gasteiger partial charge in [0.1, 0.15) is 12.1 Å². The molecule has 54 valence electrons. The van der Waals surface area contributed by atoms with E-state index in [0.29, 0.717) is 6.61 Å². The molecule has 3 nitrogen and oxygen atoms in total. The molecule has 0 saturated carbocycles. The summed E-state index contributed by atoms with van der Waals surface area (Å²) in [4.78, 5) is 1.20. The van der Waals surface area contributed by atoms with Gasteiger partial charge in [-0.25, -0.2) is 0 Å². The van der Waals surface area contributed by atoms with Gasteiger partial charge in [0.2, 0.25) is 0 Å². The number of ether oxygens (including phenoxy) is 1. The topological polar surface area (TPSA) is 47.3 Å². The van der Waals surface area contributed by atoms with Crippen LogP contribution in [-0.4, -0.2) is 12.1 Å². The Balaban J connectivity index is 2.21. The first-order valence-electron chi connectivity index (χ1n) is 3.06. The smallest absolute Gasteiger partial charge is 0.127 e. The van der Waals surface area contributed by atoms with Crippen LogP contribution in [0.25, 0.3) is 0 Å². The number of nitrogens with two attached hydrogens (primary N) is 1. The molecule has 3 N–H and O–H groups in total. The summed E-state index contributed by atoms with van der Waals surface area (Å²) in [6.45, 7) is 0.664. The molecule has 0 aromatic carbocycles. The van der Waals surface area contributed by atoms with Crippen LogP contribution in [0.5, 0.6) is 0 Å². The zero-order chi connectivity index (χ0) is 6.97. The Morgan fingerprint density at radius 3 is 3.50 bits per heavy atom. The molecule has 10 heavy (non-hydrogen) atoms. The Kier molecular flexibility index (Phi) is 1.35. The SMILES string of the molecule is NC1NC2=C(COC=C2)S1. The predicted octanol–water partition coefficient (Wildman–Crippen LogP) is 0.321. The van der Waals surface area contributed by atoms with Gasteiger partial charge in [0.15, 0.2) is 0 Å². The van der Waals surface area contributed by atoms with Gasteiger partial charge in [-0.05, 0) is 6.08 Å². The van der Waals surface area contributed by atoms with Crippen LogP contribution < -0.4 is 11.1 Å². The third-order valence-corrected chi connectivity index (χ3v) is 2.41. The van der Waals surface area contributed by atoms with Gasteiger partial charge in [-0.2, -0.15) is 0 Å². The fraction of sp³-hybridized carbons (Fsp3) is 0.333. The monoisotopic (exact) mass is 156 g/mol. The van der Waals surface area contributed by atoms with Crippen LogP contribution in [-0.2, 0) is 4.74 Å². The summed E-state index contributed by atoms with van der Waals surface area (Å²) in [5.74, 6) is 0. The summed E-state index contributed by atoms with van der Waals surface area (Å²) in [6.07, 6.45) is 3.59. The highest BCUT2D eigenvalue weighted by Gasteiger charge is 2.21. The summed E-state index contributed by atoms with van der Waals surface area (Å²) in [7, 11) is 0. The number of nitrogens with one attached hydrogen (secondary N) is 1. The highest BCUT2D eigenvalue weighted by Crippen LogP contribution is 2.30. The number of allylic oxidation sites excluding steroid dienone is 1. The maximum atomic E-state index is 5.62. The van der Waals surface area contributed by atoms with E-state index in [9.17, 15) is 0 Å². The molecule has 1 atom stereocenters. The Bertz CT molecular complexity index is 212. The van der Waals surface area contributed by atoms with Crippen LogP contribution in [0.15, 0.2) is 22.9 Å². The first-order valence-corrected chi connectivity index (χ1v) is 3.94. The molecule has 0 aliphatic carbocycles. The van der Waals surface area contributed by atoms with Gasteiger partial charge in [-0.1, -0.05) is 11.8 Å². The summed E-state index contributed by atoms with van der Waals surface area (Å²) in [5, 5.41) is 3.11. The minimum absolute atomic E-state index is 0.0105. The molecule has 2 rings (SSSR count). The Hall–Kier alpha value is -0.610. The van der Waals surface area contributed by atoms with Gasteiger partial charge >= 0.3 is 0 Å². The zero-order valence-corrected chi connectivity index (χ0v) is 6.15. The van der Waals surface area contributed by atoms with Crippen molar-refractivity contribution in [2.24, 2.45) is 5.73 Å². The van der Waals surface area contributed by atoms with Crippen molar-refractivity contribution < 1.29 is 4.74 Å². The van der Waals surface area contributed by atoms with Crippen molar-refractivity contribution in [3.8, 4) is 0 Å². The fourth-order valence-corrected chi connectivity index (χ4v) is 1.86. The van der Waals surface area contributed by atoms with E-state index >= 15 is 0 Å². The van der Waals surface area contributed by atoms with Crippen molar-refractivity contribution in [3.05, 3.63) is 22.9 Å². The second-order valence-corrected chi connectivity index (χ2v) is 3.37.